The molecule has 7 nitrogen and oxygen atoms in total. The molecular formula is C21H18N4O3. The first-order valence-electron chi connectivity index (χ1n) is 8.59. The predicted octanol–water partition coefficient (Wildman–Crippen LogP) is 2.64. The van der Waals surface area contributed by atoms with E-state index in [4.69, 9.17) is 4.74 Å². The number of carbonyl (C=O) groups is 2. The maximum atomic E-state index is 12.6. The molecule has 2 aromatic rings. The topological polar surface area (TPSA) is 104 Å². The van der Waals surface area contributed by atoms with E-state index in [2.05, 4.69) is 22.2 Å². The van der Waals surface area contributed by atoms with Crippen molar-refractivity contribution in [2.24, 2.45) is 0 Å². The Bertz CT molecular complexity index is 1030. The van der Waals surface area contributed by atoms with Gasteiger partial charge in [-0.3, -0.25) is 9.78 Å². The Morgan fingerprint density at radius 3 is 2.79 bits per heavy atom. The Morgan fingerprint density at radius 2 is 2.04 bits per heavy atom. The number of hydrogen-bond donors (Lipinski definition) is 2. The SMILES string of the molecule is C=C(C)C(=O)OCCNC(=O)/C(C#N)=C1\Nc2ccccc2-c2cnccc21. The van der Waals surface area contributed by atoms with Gasteiger partial charge in [-0.05, 0) is 19.1 Å². The number of rotatable bonds is 5. The highest BCUT2D eigenvalue weighted by Gasteiger charge is 2.25. The summed E-state index contributed by atoms with van der Waals surface area (Å²) < 4.78 is 4.94. The van der Waals surface area contributed by atoms with E-state index in [1.165, 1.54) is 6.92 Å². The van der Waals surface area contributed by atoms with E-state index in [-0.39, 0.29) is 24.3 Å². The van der Waals surface area contributed by atoms with E-state index in [9.17, 15) is 14.9 Å². The number of hydrogen-bond acceptors (Lipinski definition) is 6. The standard InChI is InChI=1S/C21H18N4O3/c1-13(2)21(27)28-10-9-24-20(26)16(11-22)19-15-7-8-23-12-17(15)14-5-3-4-6-18(14)25-19/h3-8,12,25H,1,9-10H2,2H3,(H,24,26)/b19-16-. The lowest BCUT2D eigenvalue weighted by Crippen LogP contribution is -2.30. The molecule has 0 radical (unpaired) electrons. The number of benzene rings is 1. The fourth-order valence-electron chi connectivity index (χ4n) is 2.79. The number of esters is 1. The summed E-state index contributed by atoms with van der Waals surface area (Å²) in [6.07, 6.45) is 3.32. The molecule has 1 aliphatic heterocycles. The average molecular weight is 374 g/mol. The molecule has 1 aromatic heterocycles. The third-order valence-electron chi connectivity index (χ3n) is 4.13. The molecule has 3 rings (SSSR count). The van der Waals surface area contributed by atoms with Gasteiger partial charge in [0.2, 0.25) is 0 Å². The first-order valence-corrected chi connectivity index (χ1v) is 8.59. The summed E-state index contributed by atoms with van der Waals surface area (Å²) in [7, 11) is 0. The van der Waals surface area contributed by atoms with Crippen LogP contribution < -0.4 is 10.6 Å². The summed E-state index contributed by atoms with van der Waals surface area (Å²) in [4.78, 5) is 28.1. The summed E-state index contributed by atoms with van der Waals surface area (Å²) in [6.45, 7) is 5.09. The first kappa shape index (κ1) is 18.9. The maximum absolute atomic E-state index is 12.6. The van der Waals surface area contributed by atoms with Crippen molar-refractivity contribution < 1.29 is 14.3 Å². The molecule has 2 N–H and O–H groups in total. The molecule has 2 heterocycles. The second kappa shape index (κ2) is 8.18. The Labute approximate surface area is 162 Å². The van der Waals surface area contributed by atoms with Crippen molar-refractivity contribution >= 4 is 23.3 Å². The highest BCUT2D eigenvalue weighted by molar-refractivity contribution is 6.10. The van der Waals surface area contributed by atoms with Crippen LogP contribution in [0.2, 0.25) is 0 Å². The van der Waals surface area contributed by atoms with Gasteiger partial charge in [-0.1, -0.05) is 24.8 Å². The molecule has 0 spiro atoms. The zero-order valence-corrected chi connectivity index (χ0v) is 15.3. The van der Waals surface area contributed by atoms with Gasteiger partial charge in [0.1, 0.15) is 18.2 Å². The Balaban J connectivity index is 1.85. The molecule has 140 valence electrons. The minimum absolute atomic E-state index is 0.0117. The molecule has 0 atom stereocenters. The van der Waals surface area contributed by atoms with Crippen LogP contribution in [0, 0.1) is 11.3 Å². The maximum Gasteiger partial charge on any atom is 0.333 e. The van der Waals surface area contributed by atoms with Crippen molar-refractivity contribution in [2.45, 2.75) is 6.92 Å². The molecule has 0 saturated carbocycles. The summed E-state index contributed by atoms with van der Waals surface area (Å²) >= 11 is 0. The molecule has 1 aromatic carbocycles. The lowest BCUT2D eigenvalue weighted by molar-refractivity contribution is -0.139. The van der Waals surface area contributed by atoms with E-state index in [1.54, 1.807) is 18.5 Å². The van der Waals surface area contributed by atoms with Gasteiger partial charge >= 0.3 is 5.97 Å². The lowest BCUT2D eigenvalue weighted by atomic mass is 9.92. The zero-order chi connectivity index (χ0) is 20.1. The number of pyridine rings is 1. The number of anilines is 1. The molecule has 0 aliphatic carbocycles. The fraction of sp³-hybridized carbons (Fsp3) is 0.143. The predicted molar refractivity (Wildman–Crippen MR) is 105 cm³/mol. The van der Waals surface area contributed by atoms with E-state index in [0.29, 0.717) is 11.3 Å². The second-order valence-corrected chi connectivity index (χ2v) is 6.13. The van der Waals surface area contributed by atoms with Gasteiger partial charge in [-0.15, -0.1) is 0 Å². The number of carbonyl (C=O) groups excluding carboxylic acids is 2. The van der Waals surface area contributed by atoms with Gasteiger partial charge in [0.05, 0.1) is 12.2 Å². The number of ether oxygens (including phenoxy) is 1. The molecular weight excluding hydrogens is 356 g/mol. The largest absolute Gasteiger partial charge is 0.460 e. The molecule has 7 heteroatoms. The van der Waals surface area contributed by atoms with E-state index >= 15 is 0 Å². The van der Waals surface area contributed by atoms with Crippen LogP contribution in [0.15, 0.2) is 60.5 Å². The number of para-hydroxylation sites is 1. The molecule has 0 unspecified atom stereocenters. The summed E-state index contributed by atoms with van der Waals surface area (Å²) in [5.74, 6) is -1.08. The average Bonchev–Trinajstić information content (AvgIpc) is 2.71. The van der Waals surface area contributed by atoms with Crippen LogP contribution in [0.3, 0.4) is 0 Å². The molecule has 1 aliphatic rings. The van der Waals surface area contributed by atoms with Crippen LogP contribution >= 0.6 is 0 Å². The van der Waals surface area contributed by atoms with Gasteiger partial charge < -0.3 is 15.4 Å². The summed E-state index contributed by atoms with van der Waals surface area (Å²) in [6, 6.07) is 11.3. The number of nitrogens with zero attached hydrogens (tertiary/aromatic N) is 2. The lowest BCUT2D eigenvalue weighted by Gasteiger charge is -2.24. The van der Waals surface area contributed by atoms with Crippen molar-refractivity contribution in [1.82, 2.24) is 10.3 Å². The Kier molecular flexibility index (Phi) is 5.51. The van der Waals surface area contributed by atoms with Crippen LogP contribution in [0.1, 0.15) is 12.5 Å². The third kappa shape index (κ3) is 3.76. The van der Waals surface area contributed by atoms with Gasteiger partial charge in [0.15, 0.2) is 0 Å². The quantitative estimate of drug-likeness (QED) is 0.361. The number of aromatic nitrogens is 1. The van der Waals surface area contributed by atoms with Crippen LogP contribution in [-0.2, 0) is 14.3 Å². The highest BCUT2D eigenvalue weighted by atomic mass is 16.5. The first-order chi connectivity index (χ1) is 13.5. The number of nitriles is 1. The van der Waals surface area contributed by atoms with Crippen molar-refractivity contribution in [1.29, 1.82) is 5.26 Å². The molecule has 0 bridgehead atoms. The number of fused-ring (bicyclic) bond motifs is 3. The number of nitrogens with one attached hydrogen (secondary N) is 2. The van der Waals surface area contributed by atoms with Gasteiger partial charge in [-0.2, -0.15) is 5.26 Å². The molecule has 1 amide bonds. The minimum atomic E-state index is -0.557. The van der Waals surface area contributed by atoms with Crippen molar-refractivity contribution in [3.05, 3.63) is 66.0 Å². The Hall–Kier alpha value is -3.92. The smallest absolute Gasteiger partial charge is 0.333 e. The van der Waals surface area contributed by atoms with Crippen LogP contribution in [-0.4, -0.2) is 30.0 Å². The van der Waals surface area contributed by atoms with Crippen LogP contribution in [0.25, 0.3) is 16.8 Å². The van der Waals surface area contributed by atoms with Crippen LogP contribution in [0.4, 0.5) is 5.69 Å². The molecule has 28 heavy (non-hydrogen) atoms. The minimum Gasteiger partial charge on any atom is -0.460 e. The van der Waals surface area contributed by atoms with Gasteiger partial charge in [0.25, 0.3) is 5.91 Å². The van der Waals surface area contributed by atoms with Crippen LogP contribution in [0.5, 0.6) is 0 Å². The van der Waals surface area contributed by atoms with Gasteiger partial charge in [-0.25, -0.2) is 4.79 Å². The fourth-order valence-corrected chi connectivity index (χ4v) is 2.79. The second-order valence-electron chi connectivity index (χ2n) is 6.13. The third-order valence-corrected chi connectivity index (χ3v) is 4.13. The van der Waals surface area contributed by atoms with E-state index in [1.807, 2.05) is 30.3 Å². The summed E-state index contributed by atoms with van der Waals surface area (Å²) in [5.41, 5.74) is 3.91. The monoisotopic (exact) mass is 374 g/mol. The van der Waals surface area contributed by atoms with Crippen molar-refractivity contribution in [2.75, 3.05) is 18.5 Å². The van der Waals surface area contributed by atoms with Crippen molar-refractivity contribution in [3.63, 3.8) is 0 Å². The Morgan fingerprint density at radius 1 is 1.25 bits per heavy atom. The van der Waals surface area contributed by atoms with Crippen molar-refractivity contribution in [3.8, 4) is 17.2 Å². The zero-order valence-electron chi connectivity index (χ0n) is 15.3. The normalized spacial score (nSPS) is 13.1. The number of amides is 1. The van der Waals surface area contributed by atoms with Gasteiger partial charge in [0, 0.05) is 40.3 Å². The molecule has 0 saturated heterocycles. The summed E-state index contributed by atoms with van der Waals surface area (Å²) in [5, 5.41) is 15.4. The highest BCUT2D eigenvalue weighted by Crippen LogP contribution is 2.40. The van der Waals surface area contributed by atoms with E-state index in [0.717, 1.165) is 16.8 Å². The van der Waals surface area contributed by atoms with E-state index < -0.39 is 11.9 Å². The molecule has 0 fully saturated rings.